The Morgan fingerprint density at radius 3 is 2.93 bits per heavy atom. The summed E-state index contributed by atoms with van der Waals surface area (Å²) in [6.07, 6.45) is 2.36. The average molecular weight is 226 g/mol. The maximum absolute atomic E-state index is 5.61. The van der Waals surface area contributed by atoms with E-state index in [1.165, 1.54) is 0 Å². The predicted octanol–water partition coefficient (Wildman–Crippen LogP) is 2.16. The van der Waals surface area contributed by atoms with Gasteiger partial charge in [-0.2, -0.15) is 5.10 Å². The first-order valence-corrected chi connectivity index (χ1v) is 5.26. The Hall–Kier alpha value is -1.29. The van der Waals surface area contributed by atoms with E-state index in [2.05, 4.69) is 10.1 Å². The quantitative estimate of drug-likeness (QED) is 0.752. The molecule has 0 fully saturated rings. The van der Waals surface area contributed by atoms with Gasteiger partial charge in [-0.15, -0.1) is 11.6 Å². The van der Waals surface area contributed by atoms with Crippen LogP contribution in [0.5, 0.6) is 0 Å². The van der Waals surface area contributed by atoms with Crippen molar-refractivity contribution in [2.24, 2.45) is 7.05 Å². The second kappa shape index (κ2) is 4.06. The van der Waals surface area contributed by atoms with Crippen molar-refractivity contribution in [2.75, 3.05) is 5.88 Å². The molecule has 2 heterocycles. The van der Waals surface area contributed by atoms with Gasteiger partial charge in [-0.3, -0.25) is 4.68 Å². The van der Waals surface area contributed by atoms with E-state index in [1.54, 1.807) is 10.9 Å². The largest absolute Gasteiger partial charge is 0.439 e. The summed E-state index contributed by atoms with van der Waals surface area (Å²) in [5.74, 6) is 1.92. The van der Waals surface area contributed by atoms with Crippen molar-refractivity contribution >= 4 is 11.6 Å². The van der Waals surface area contributed by atoms with Gasteiger partial charge in [-0.25, -0.2) is 4.98 Å². The number of hydrogen-bond donors (Lipinski definition) is 0. The lowest BCUT2D eigenvalue weighted by molar-refractivity contribution is 0.510. The topological polar surface area (TPSA) is 43.9 Å². The van der Waals surface area contributed by atoms with Crippen molar-refractivity contribution in [1.29, 1.82) is 0 Å². The van der Waals surface area contributed by atoms with Crippen LogP contribution in [0, 0.1) is 6.92 Å². The molecule has 0 aliphatic heterocycles. The van der Waals surface area contributed by atoms with Crippen molar-refractivity contribution in [1.82, 2.24) is 14.8 Å². The van der Waals surface area contributed by atoms with E-state index in [9.17, 15) is 0 Å². The zero-order chi connectivity index (χ0) is 10.8. The van der Waals surface area contributed by atoms with Gasteiger partial charge in [0.05, 0.1) is 11.9 Å². The summed E-state index contributed by atoms with van der Waals surface area (Å²) in [4.78, 5) is 4.14. The molecule has 15 heavy (non-hydrogen) atoms. The number of aromatic nitrogens is 3. The molecule has 0 spiro atoms. The Labute approximate surface area is 92.9 Å². The van der Waals surface area contributed by atoms with Crippen LogP contribution in [0.3, 0.4) is 0 Å². The molecule has 0 aliphatic carbocycles. The zero-order valence-electron chi connectivity index (χ0n) is 8.70. The molecular weight excluding hydrogens is 214 g/mol. The second-order valence-electron chi connectivity index (χ2n) is 3.35. The number of oxazole rings is 1. The molecule has 5 heteroatoms. The van der Waals surface area contributed by atoms with Gasteiger partial charge in [0.25, 0.3) is 0 Å². The Balaban J connectivity index is 2.32. The third-order valence-electron chi connectivity index (χ3n) is 2.12. The van der Waals surface area contributed by atoms with Gasteiger partial charge in [0.1, 0.15) is 5.69 Å². The summed E-state index contributed by atoms with van der Waals surface area (Å²) in [5, 5.41) is 4.25. The lowest BCUT2D eigenvalue weighted by Gasteiger charge is -1.95. The first-order valence-electron chi connectivity index (χ1n) is 4.72. The summed E-state index contributed by atoms with van der Waals surface area (Å²) in [6, 6.07) is 1.96. The maximum Gasteiger partial charge on any atom is 0.196 e. The lowest BCUT2D eigenvalue weighted by Crippen LogP contribution is -1.92. The Morgan fingerprint density at radius 2 is 2.33 bits per heavy atom. The van der Waals surface area contributed by atoms with Crippen LogP contribution in [0.2, 0.25) is 0 Å². The molecule has 4 nitrogen and oxygen atoms in total. The lowest BCUT2D eigenvalue weighted by atomic mass is 10.3. The molecule has 0 saturated heterocycles. The second-order valence-corrected chi connectivity index (χ2v) is 3.73. The SMILES string of the molecule is Cc1cc(-c2cnc(CCCl)o2)n(C)n1. The van der Waals surface area contributed by atoms with E-state index in [4.69, 9.17) is 16.0 Å². The highest BCUT2D eigenvalue weighted by atomic mass is 35.5. The summed E-state index contributed by atoms with van der Waals surface area (Å²) in [5.41, 5.74) is 1.89. The molecule has 0 radical (unpaired) electrons. The third kappa shape index (κ3) is 2.04. The Morgan fingerprint density at radius 1 is 1.53 bits per heavy atom. The highest BCUT2D eigenvalue weighted by molar-refractivity contribution is 6.17. The van der Waals surface area contributed by atoms with Crippen LogP contribution in [0.1, 0.15) is 11.6 Å². The molecule has 0 aliphatic rings. The third-order valence-corrected chi connectivity index (χ3v) is 2.31. The van der Waals surface area contributed by atoms with Gasteiger partial charge >= 0.3 is 0 Å². The van der Waals surface area contributed by atoms with E-state index in [0.717, 1.165) is 17.1 Å². The summed E-state index contributed by atoms with van der Waals surface area (Å²) < 4.78 is 7.33. The highest BCUT2D eigenvalue weighted by Gasteiger charge is 2.10. The van der Waals surface area contributed by atoms with Crippen LogP contribution in [-0.4, -0.2) is 20.6 Å². The summed E-state index contributed by atoms with van der Waals surface area (Å²) in [7, 11) is 1.88. The normalized spacial score (nSPS) is 10.9. The van der Waals surface area contributed by atoms with Gasteiger partial charge in [0, 0.05) is 19.3 Å². The first-order chi connectivity index (χ1) is 7.20. The fraction of sp³-hybridized carbons (Fsp3) is 0.400. The van der Waals surface area contributed by atoms with Gasteiger partial charge in [-0.1, -0.05) is 0 Å². The number of nitrogens with zero attached hydrogens (tertiary/aromatic N) is 3. The molecule has 80 valence electrons. The van der Waals surface area contributed by atoms with Crippen molar-refractivity contribution in [2.45, 2.75) is 13.3 Å². The van der Waals surface area contributed by atoms with Gasteiger partial charge in [0.2, 0.25) is 0 Å². The van der Waals surface area contributed by atoms with Crippen LogP contribution >= 0.6 is 11.6 Å². The molecule has 2 rings (SSSR count). The number of aryl methyl sites for hydroxylation is 3. The van der Waals surface area contributed by atoms with Crippen LogP contribution in [0.25, 0.3) is 11.5 Å². The van der Waals surface area contributed by atoms with Crippen LogP contribution in [0.4, 0.5) is 0 Å². The summed E-state index contributed by atoms with van der Waals surface area (Å²) in [6.45, 7) is 1.94. The summed E-state index contributed by atoms with van der Waals surface area (Å²) >= 11 is 5.61. The predicted molar refractivity (Wildman–Crippen MR) is 57.9 cm³/mol. The minimum atomic E-state index is 0.518. The first kappa shape index (κ1) is 10.2. The fourth-order valence-corrected chi connectivity index (χ4v) is 1.63. The van der Waals surface area contributed by atoms with Gasteiger partial charge in [-0.05, 0) is 13.0 Å². The highest BCUT2D eigenvalue weighted by Crippen LogP contribution is 2.20. The van der Waals surface area contributed by atoms with Crippen LogP contribution in [-0.2, 0) is 13.5 Å². The molecule has 0 aromatic carbocycles. The van der Waals surface area contributed by atoms with Crippen molar-refractivity contribution in [3.63, 3.8) is 0 Å². The minimum absolute atomic E-state index is 0.518. The van der Waals surface area contributed by atoms with Crippen molar-refractivity contribution in [3.8, 4) is 11.5 Å². The number of alkyl halides is 1. The Kier molecular flexibility index (Phi) is 2.77. The van der Waals surface area contributed by atoms with E-state index < -0.39 is 0 Å². The monoisotopic (exact) mass is 225 g/mol. The maximum atomic E-state index is 5.61. The fourth-order valence-electron chi connectivity index (χ4n) is 1.47. The number of hydrogen-bond acceptors (Lipinski definition) is 3. The zero-order valence-corrected chi connectivity index (χ0v) is 9.45. The van der Waals surface area contributed by atoms with E-state index in [-0.39, 0.29) is 0 Å². The number of halogens is 1. The molecular formula is C10H12ClN3O. The number of rotatable bonds is 3. The smallest absolute Gasteiger partial charge is 0.196 e. The van der Waals surface area contributed by atoms with Gasteiger partial charge in [0.15, 0.2) is 11.7 Å². The van der Waals surface area contributed by atoms with Crippen molar-refractivity contribution < 1.29 is 4.42 Å². The molecule has 0 bridgehead atoms. The molecule has 0 amide bonds. The molecule has 0 saturated carbocycles. The molecule has 2 aromatic heterocycles. The van der Waals surface area contributed by atoms with E-state index in [0.29, 0.717) is 18.2 Å². The Bertz CT molecular complexity index is 461. The van der Waals surface area contributed by atoms with Crippen LogP contribution < -0.4 is 0 Å². The molecule has 0 unspecified atom stereocenters. The molecule has 2 aromatic rings. The average Bonchev–Trinajstić information content (AvgIpc) is 2.73. The molecule has 0 atom stereocenters. The molecule has 0 N–H and O–H groups in total. The van der Waals surface area contributed by atoms with E-state index in [1.807, 2.05) is 20.0 Å². The van der Waals surface area contributed by atoms with Crippen LogP contribution in [0.15, 0.2) is 16.7 Å². The van der Waals surface area contributed by atoms with Crippen molar-refractivity contribution in [3.05, 3.63) is 23.8 Å². The standard InChI is InChI=1S/C10H12ClN3O/c1-7-5-8(14(2)13-7)9-6-12-10(15-9)3-4-11/h5-6H,3-4H2,1-2H3. The minimum Gasteiger partial charge on any atom is -0.439 e. The van der Waals surface area contributed by atoms with E-state index >= 15 is 0 Å². The van der Waals surface area contributed by atoms with Gasteiger partial charge < -0.3 is 4.42 Å².